The van der Waals surface area contributed by atoms with Crippen LogP contribution in [0, 0.1) is 11.3 Å². The maximum atomic E-state index is 9.75. The quantitative estimate of drug-likeness (QED) is 0.926. The summed E-state index contributed by atoms with van der Waals surface area (Å²) in [7, 11) is 0. The summed E-state index contributed by atoms with van der Waals surface area (Å²) in [6, 6.07) is 21.5. The molecular weight excluding hydrogens is 256 g/mol. The lowest BCUT2D eigenvalue weighted by Crippen LogP contribution is -2.49. The number of rotatable bonds is 3. The Balaban J connectivity index is 1.82. The Morgan fingerprint density at radius 3 is 2.43 bits per heavy atom. The van der Waals surface area contributed by atoms with Crippen molar-refractivity contribution in [2.24, 2.45) is 0 Å². The van der Waals surface area contributed by atoms with E-state index in [1.165, 1.54) is 16.7 Å². The van der Waals surface area contributed by atoms with Crippen LogP contribution in [0.5, 0.6) is 0 Å². The van der Waals surface area contributed by atoms with Crippen LogP contribution in [0.15, 0.2) is 54.6 Å². The molecular formula is C19H20N2. The van der Waals surface area contributed by atoms with E-state index in [4.69, 9.17) is 0 Å². The number of nitriles is 1. The summed E-state index contributed by atoms with van der Waals surface area (Å²) in [5.41, 5.74) is 3.46. The number of hydrogen-bond donors (Lipinski definition) is 1. The fourth-order valence-corrected chi connectivity index (χ4v) is 3.23. The van der Waals surface area contributed by atoms with E-state index < -0.39 is 5.54 Å². The van der Waals surface area contributed by atoms with Crippen LogP contribution in [0.4, 0.5) is 0 Å². The third-order valence-electron chi connectivity index (χ3n) is 4.44. The number of fused-ring (bicyclic) bond motifs is 1. The number of nitrogens with one attached hydrogen (secondary N) is 1. The van der Waals surface area contributed by atoms with E-state index in [9.17, 15) is 5.26 Å². The highest BCUT2D eigenvalue weighted by molar-refractivity contribution is 5.35. The van der Waals surface area contributed by atoms with Gasteiger partial charge in [0.15, 0.2) is 0 Å². The van der Waals surface area contributed by atoms with Crippen LogP contribution in [0.2, 0.25) is 0 Å². The van der Waals surface area contributed by atoms with E-state index in [1.807, 2.05) is 18.2 Å². The molecule has 0 heterocycles. The molecule has 2 aromatic carbocycles. The van der Waals surface area contributed by atoms with Crippen molar-refractivity contribution in [2.45, 2.75) is 37.8 Å². The monoisotopic (exact) mass is 276 g/mol. The normalized spacial score (nSPS) is 22.1. The summed E-state index contributed by atoms with van der Waals surface area (Å²) >= 11 is 0. The van der Waals surface area contributed by atoms with Gasteiger partial charge in [0, 0.05) is 12.5 Å². The average molecular weight is 276 g/mol. The van der Waals surface area contributed by atoms with Crippen molar-refractivity contribution in [1.29, 1.82) is 5.26 Å². The van der Waals surface area contributed by atoms with E-state index in [1.54, 1.807) is 0 Å². The maximum Gasteiger partial charge on any atom is 0.111 e. The Bertz CT molecular complexity index is 657. The highest BCUT2D eigenvalue weighted by Crippen LogP contribution is 2.30. The molecule has 1 N–H and O–H groups in total. The molecule has 0 spiro atoms. The first-order valence-electron chi connectivity index (χ1n) is 7.53. The van der Waals surface area contributed by atoms with Crippen molar-refractivity contribution < 1.29 is 0 Å². The van der Waals surface area contributed by atoms with Crippen LogP contribution in [0.1, 0.15) is 36.1 Å². The highest BCUT2D eigenvalue weighted by atomic mass is 15.0. The average Bonchev–Trinajstić information content (AvgIpc) is 2.55. The molecule has 2 aromatic rings. The summed E-state index contributed by atoms with van der Waals surface area (Å²) < 4.78 is 0. The predicted octanol–water partition coefficient (Wildman–Crippen LogP) is 3.79. The van der Waals surface area contributed by atoms with Gasteiger partial charge in [0.25, 0.3) is 0 Å². The minimum Gasteiger partial charge on any atom is -0.292 e. The van der Waals surface area contributed by atoms with Crippen LogP contribution in [0.25, 0.3) is 0 Å². The number of benzene rings is 2. The fraction of sp³-hybridized carbons (Fsp3) is 0.316. The molecule has 0 amide bonds. The lowest BCUT2D eigenvalue weighted by molar-refractivity contribution is 0.331. The zero-order valence-corrected chi connectivity index (χ0v) is 12.3. The zero-order valence-electron chi connectivity index (χ0n) is 12.3. The number of hydrogen-bond acceptors (Lipinski definition) is 2. The molecule has 0 saturated carbocycles. The van der Waals surface area contributed by atoms with Gasteiger partial charge in [0.2, 0.25) is 0 Å². The standard InChI is InChI=1S/C19H20N2/c1-15(16-7-3-2-4-8-16)21-19(14-20)12-11-17-9-5-6-10-18(17)13-19/h2-10,15,21H,11-13H2,1H3/t15-,19+/m1/s1. The molecule has 0 aromatic heterocycles. The van der Waals surface area contributed by atoms with E-state index in [0.717, 1.165) is 19.3 Å². The Morgan fingerprint density at radius 1 is 1.05 bits per heavy atom. The van der Waals surface area contributed by atoms with Gasteiger partial charge in [0.1, 0.15) is 5.54 Å². The number of aryl methyl sites for hydroxylation is 1. The first kappa shape index (κ1) is 13.9. The van der Waals surface area contributed by atoms with Gasteiger partial charge in [-0.15, -0.1) is 0 Å². The van der Waals surface area contributed by atoms with Gasteiger partial charge < -0.3 is 0 Å². The molecule has 2 nitrogen and oxygen atoms in total. The van der Waals surface area contributed by atoms with Gasteiger partial charge >= 0.3 is 0 Å². The van der Waals surface area contributed by atoms with Crippen molar-refractivity contribution >= 4 is 0 Å². The maximum absolute atomic E-state index is 9.75. The van der Waals surface area contributed by atoms with Crippen molar-refractivity contribution in [3.8, 4) is 6.07 Å². The zero-order chi connectivity index (χ0) is 14.7. The van der Waals surface area contributed by atoms with E-state index in [0.29, 0.717) is 0 Å². The smallest absolute Gasteiger partial charge is 0.111 e. The SMILES string of the molecule is C[C@@H](N[C@@]1(C#N)CCc2ccccc2C1)c1ccccc1. The molecule has 0 saturated heterocycles. The molecule has 2 heteroatoms. The van der Waals surface area contributed by atoms with Crippen molar-refractivity contribution in [2.75, 3.05) is 0 Å². The van der Waals surface area contributed by atoms with Gasteiger partial charge in [-0.2, -0.15) is 5.26 Å². The summed E-state index contributed by atoms with van der Waals surface area (Å²) in [5.74, 6) is 0. The second-order valence-electron chi connectivity index (χ2n) is 5.92. The molecule has 1 aliphatic carbocycles. The molecule has 0 unspecified atom stereocenters. The van der Waals surface area contributed by atoms with Gasteiger partial charge in [0.05, 0.1) is 6.07 Å². The second kappa shape index (κ2) is 5.71. The van der Waals surface area contributed by atoms with Crippen molar-refractivity contribution in [1.82, 2.24) is 5.32 Å². The second-order valence-corrected chi connectivity index (χ2v) is 5.92. The first-order chi connectivity index (χ1) is 10.2. The lowest BCUT2D eigenvalue weighted by atomic mass is 9.78. The van der Waals surface area contributed by atoms with Crippen LogP contribution in [-0.4, -0.2) is 5.54 Å². The Hall–Kier alpha value is -2.11. The van der Waals surface area contributed by atoms with Crippen LogP contribution >= 0.6 is 0 Å². The largest absolute Gasteiger partial charge is 0.292 e. The van der Waals surface area contributed by atoms with E-state index >= 15 is 0 Å². The summed E-state index contributed by atoms with van der Waals surface area (Å²) in [6.45, 7) is 2.13. The summed E-state index contributed by atoms with van der Waals surface area (Å²) in [6.07, 6.45) is 2.63. The van der Waals surface area contributed by atoms with Crippen LogP contribution < -0.4 is 5.32 Å². The van der Waals surface area contributed by atoms with Crippen LogP contribution in [0.3, 0.4) is 0 Å². The molecule has 0 radical (unpaired) electrons. The highest BCUT2D eigenvalue weighted by Gasteiger charge is 2.35. The van der Waals surface area contributed by atoms with Gasteiger partial charge in [-0.3, -0.25) is 5.32 Å². The molecule has 0 fully saturated rings. The topological polar surface area (TPSA) is 35.8 Å². The molecule has 21 heavy (non-hydrogen) atoms. The molecule has 1 aliphatic rings. The van der Waals surface area contributed by atoms with E-state index in [-0.39, 0.29) is 6.04 Å². The Morgan fingerprint density at radius 2 is 1.71 bits per heavy atom. The van der Waals surface area contributed by atoms with Crippen LogP contribution in [-0.2, 0) is 12.8 Å². The minimum atomic E-state index is -0.455. The third kappa shape index (κ3) is 2.84. The van der Waals surface area contributed by atoms with Gasteiger partial charge in [-0.25, -0.2) is 0 Å². The number of nitrogens with zero attached hydrogens (tertiary/aromatic N) is 1. The minimum absolute atomic E-state index is 0.177. The predicted molar refractivity (Wildman–Crippen MR) is 84.8 cm³/mol. The van der Waals surface area contributed by atoms with Gasteiger partial charge in [-0.05, 0) is 36.5 Å². The molecule has 106 valence electrons. The van der Waals surface area contributed by atoms with Gasteiger partial charge in [-0.1, -0.05) is 54.6 Å². The Kier molecular flexibility index (Phi) is 3.77. The molecule has 2 atom stereocenters. The third-order valence-corrected chi connectivity index (χ3v) is 4.44. The van der Waals surface area contributed by atoms with E-state index in [2.05, 4.69) is 54.7 Å². The first-order valence-corrected chi connectivity index (χ1v) is 7.53. The molecule has 0 aliphatic heterocycles. The Labute approximate surface area is 126 Å². The molecule has 0 bridgehead atoms. The van der Waals surface area contributed by atoms with Crippen molar-refractivity contribution in [3.63, 3.8) is 0 Å². The fourth-order valence-electron chi connectivity index (χ4n) is 3.23. The molecule has 3 rings (SSSR count). The lowest BCUT2D eigenvalue weighted by Gasteiger charge is -2.35. The summed E-state index contributed by atoms with van der Waals surface area (Å²) in [4.78, 5) is 0. The summed E-state index contributed by atoms with van der Waals surface area (Å²) in [5, 5.41) is 13.3. The van der Waals surface area contributed by atoms with Crippen molar-refractivity contribution in [3.05, 3.63) is 71.3 Å².